The van der Waals surface area contributed by atoms with Crippen LogP contribution >= 0.6 is 0 Å². The number of aliphatic hydroxyl groups is 1. The minimum Gasteiger partial charge on any atom is -0.396 e. The summed E-state index contributed by atoms with van der Waals surface area (Å²) in [4.78, 5) is 2.35. The monoisotopic (exact) mass is 377 g/mol. The van der Waals surface area contributed by atoms with Crippen LogP contribution in [0.1, 0.15) is 43.4 Å². The zero-order valence-corrected chi connectivity index (χ0v) is 15.8. The molecule has 0 aliphatic carbocycles. The highest BCUT2D eigenvalue weighted by Crippen LogP contribution is 2.37. The maximum absolute atomic E-state index is 12.8. The molecule has 0 saturated carbocycles. The Labute approximate surface area is 158 Å². The first-order chi connectivity index (χ1) is 12.7. The van der Waals surface area contributed by atoms with Gasteiger partial charge in [-0.2, -0.15) is 13.2 Å². The second kappa shape index (κ2) is 7.64. The summed E-state index contributed by atoms with van der Waals surface area (Å²) in [7, 11) is 0. The predicted molar refractivity (Wildman–Crippen MR) is 102 cm³/mol. The van der Waals surface area contributed by atoms with E-state index in [-0.39, 0.29) is 12.0 Å². The van der Waals surface area contributed by atoms with Crippen LogP contribution in [-0.4, -0.2) is 29.7 Å². The van der Waals surface area contributed by atoms with Gasteiger partial charge in [0.1, 0.15) is 0 Å². The van der Waals surface area contributed by atoms with E-state index in [4.69, 9.17) is 5.11 Å². The van der Waals surface area contributed by atoms with Gasteiger partial charge >= 0.3 is 6.18 Å². The molecule has 2 aromatic rings. The van der Waals surface area contributed by atoms with E-state index >= 15 is 0 Å². The lowest BCUT2D eigenvalue weighted by Crippen LogP contribution is -2.26. The van der Waals surface area contributed by atoms with Crippen LogP contribution in [0.4, 0.5) is 13.2 Å². The molecule has 0 atom stereocenters. The SMILES string of the molecule is CC1(C)CCN(CCCO)Cc2cc(-c3ccc(C(F)(F)F)cc3)ccc21. The molecule has 1 N–H and O–H groups in total. The van der Waals surface area contributed by atoms with Crippen molar-refractivity contribution in [3.63, 3.8) is 0 Å². The molecule has 0 spiro atoms. The number of rotatable bonds is 4. The Balaban J connectivity index is 1.93. The van der Waals surface area contributed by atoms with Crippen LogP contribution in [0.15, 0.2) is 42.5 Å². The average molecular weight is 377 g/mol. The van der Waals surface area contributed by atoms with Gasteiger partial charge < -0.3 is 5.11 Å². The first-order valence-electron chi connectivity index (χ1n) is 9.35. The van der Waals surface area contributed by atoms with Crippen LogP contribution in [0.2, 0.25) is 0 Å². The summed E-state index contributed by atoms with van der Waals surface area (Å²) < 4.78 is 38.4. The molecular weight excluding hydrogens is 351 g/mol. The number of alkyl halides is 3. The standard InChI is InChI=1S/C22H26F3NO/c1-21(2)10-12-26(11-3-13-27)15-18-14-17(6-9-20(18)21)16-4-7-19(8-5-16)22(23,24)25/h4-9,14,27H,3,10-13,15H2,1-2H3. The normalized spacial score (nSPS) is 17.4. The summed E-state index contributed by atoms with van der Waals surface area (Å²) in [6.45, 7) is 7.26. The Morgan fingerprint density at radius 3 is 2.33 bits per heavy atom. The Hall–Kier alpha value is -1.85. The summed E-state index contributed by atoms with van der Waals surface area (Å²) >= 11 is 0. The van der Waals surface area contributed by atoms with Gasteiger partial charge in [0.05, 0.1) is 5.56 Å². The van der Waals surface area contributed by atoms with Crippen molar-refractivity contribution >= 4 is 0 Å². The fourth-order valence-electron chi connectivity index (χ4n) is 3.79. The van der Waals surface area contributed by atoms with Crippen LogP contribution in [-0.2, 0) is 18.1 Å². The molecule has 2 nitrogen and oxygen atoms in total. The van der Waals surface area contributed by atoms with Crippen molar-refractivity contribution < 1.29 is 18.3 Å². The van der Waals surface area contributed by atoms with Crippen molar-refractivity contribution in [2.24, 2.45) is 0 Å². The molecule has 146 valence electrons. The fraction of sp³-hybridized carbons (Fsp3) is 0.455. The van der Waals surface area contributed by atoms with Gasteiger partial charge in [-0.3, -0.25) is 4.90 Å². The lowest BCUT2D eigenvalue weighted by atomic mass is 9.79. The van der Waals surface area contributed by atoms with Crippen molar-refractivity contribution in [1.82, 2.24) is 4.90 Å². The summed E-state index contributed by atoms with van der Waals surface area (Å²) in [5, 5.41) is 9.13. The molecule has 0 radical (unpaired) electrons. The highest BCUT2D eigenvalue weighted by molar-refractivity contribution is 5.66. The topological polar surface area (TPSA) is 23.5 Å². The van der Waals surface area contributed by atoms with Crippen molar-refractivity contribution in [2.75, 3.05) is 19.7 Å². The van der Waals surface area contributed by atoms with Gasteiger partial charge in [0, 0.05) is 19.7 Å². The highest BCUT2D eigenvalue weighted by atomic mass is 19.4. The average Bonchev–Trinajstić information content (AvgIpc) is 2.75. The molecule has 1 heterocycles. The van der Waals surface area contributed by atoms with Crippen molar-refractivity contribution in [1.29, 1.82) is 0 Å². The van der Waals surface area contributed by atoms with Gasteiger partial charge in [-0.1, -0.05) is 38.1 Å². The quantitative estimate of drug-likeness (QED) is 0.788. The zero-order valence-electron chi connectivity index (χ0n) is 15.8. The molecule has 0 aromatic heterocycles. The summed E-state index contributed by atoms with van der Waals surface area (Å²) in [5.74, 6) is 0. The number of halogens is 3. The molecule has 27 heavy (non-hydrogen) atoms. The van der Waals surface area contributed by atoms with Gasteiger partial charge in [-0.25, -0.2) is 0 Å². The van der Waals surface area contributed by atoms with E-state index in [0.717, 1.165) is 55.7 Å². The fourth-order valence-corrected chi connectivity index (χ4v) is 3.79. The minimum atomic E-state index is -4.32. The summed E-state index contributed by atoms with van der Waals surface area (Å²) in [6, 6.07) is 11.6. The zero-order chi connectivity index (χ0) is 19.7. The van der Waals surface area contributed by atoms with E-state index in [1.807, 2.05) is 6.07 Å². The van der Waals surface area contributed by atoms with Crippen LogP contribution < -0.4 is 0 Å². The number of benzene rings is 2. The molecule has 0 amide bonds. The molecular formula is C22H26F3NO. The van der Waals surface area contributed by atoms with Gasteiger partial charge in [0.25, 0.3) is 0 Å². The van der Waals surface area contributed by atoms with E-state index in [1.54, 1.807) is 0 Å². The number of aliphatic hydroxyl groups excluding tert-OH is 1. The van der Waals surface area contributed by atoms with Crippen molar-refractivity contribution in [2.45, 2.75) is 44.8 Å². The molecule has 0 unspecified atom stereocenters. The Kier molecular flexibility index (Phi) is 5.63. The molecule has 0 fully saturated rings. The van der Waals surface area contributed by atoms with Gasteiger partial charge in [-0.15, -0.1) is 0 Å². The summed E-state index contributed by atoms with van der Waals surface area (Å²) in [6.07, 6.45) is -2.54. The molecule has 5 heteroatoms. The first-order valence-corrected chi connectivity index (χ1v) is 9.35. The maximum Gasteiger partial charge on any atom is 0.416 e. The van der Waals surface area contributed by atoms with E-state index in [1.165, 1.54) is 23.3 Å². The van der Waals surface area contributed by atoms with Crippen molar-refractivity contribution in [3.8, 4) is 11.1 Å². The first kappa shape index (κ1) is 19.9. The van der Waals surface area contributed by atoms with Gasteiger partial charge in [0.15, 0.2) is 0 Å². The number of nitrogens with zero attached hydrogens (tertiary/aromatic N) is 1. The Bertz CT molecular complexity index is 781. The number of hydrogen-bond acceptors (Lipinski definition) is 2. The van der Waals surface area contributed by atoms with Crippen LogP contribution in [0.3, 0.4) is 0 Å². The largest absolute Gasteiger partial charge is 0.416 e. The predicted octanol–water partition coefficient (Wildman–Crippen LogP) is 5.24. The van der Waals surface area contributed by atoms with Crippen LogP contribution in [0.25, 0.3) is 11.1 Å². The lowest BCUT2D eigenvalue weighted by Gasteiger charge is -2.25. The molecule has 0 saturated heterocycles. The number of hydrogen-bond donors (Lipinski definition) is 1. The molecule has 1 aliphatic rings. The Morgan fingerprint density at radius 1 is 1.04 bits per heavy atom. The van der Waals surface area contributed by atoms with E-state index in [2.05, 4.69) is 30.9 Å². The van der Waals surface area contributed by atoms with Crippen LogP contribution in [0.5, 0.6) is 0 Å². The second-order valence-electron chi connectivity index (χ2n) is 7.93. The van der Waals surface area contributed by atoms with E-state index < -0.39 is 11.7 Å². The third kappa shape index (κ3) is 4.53. The van der Waals surface area contributed by atoms with E-state index in [0.29, 0.717) is 0 Å². The molecule has 3 rings (SSSR count). The minimum absolute atomic E-state index is 0.0436. The maximum atomic E-state index is 12.8. The summed E-state index contributed by atoms with van der Waals surface area (Å²) in [5.41, 5.74) is 3.65. The third-order valence-electron chi connectivity index (χ3n) is 5.46. The Morgan fingerprint density at radius 2 is 1.70 bits per heavy atom. The van der Waals surface area contributed by atoms with Gasteiger partial charge in [-0.05, 0) is 65.3 Å². The van der Waals surface area contributed by atoms with Gasteiger partial charge in [0.2, 0.25) is 0 Å². The second-order valence-corrected chi connectivity index (χ2v) is 7.93. The third-order valence-corrected chi connectivity index (χ3v) is 5.46. The molecule has 1 aliphatic heterocycles. The van der Waals surface area contributed by atoms with Crippen molar-refractivity contribution in [3.05, 3.63) is 59.2 Å². The van der Waals surface area contributed by atoms with Crippen LogP contribution in [0, 0.1) is 0 Å². The number of fused-ring (bicyclic) bond motifs is 1. The lowest BCUT2D eigenvalue weighted by molar-refractivity contribution is -0.137. The molecule has 0 bridgehead atoms. The highest BCUT2D eigenvalue weighted by Gasteiger charge is 2.30. The smallest absolute Gasteiger partial charge is 0.396 e. The van der Waals surface area contributed by atoms with E-state index in [9.17, 15) is 13.2 Å². The molecule has 2 aromatic carbocycles.